The van der Waals surface area contributed by atoms with Crippen molar-refractivity contribution < 1.29 is 19.1 Å². The third-order valence-corrected chi connectivity index (χ3v) is 4.81. The molecule has 2 aromatic rings. The van der Waals surface area contributed by atoms with Crippen LogP contribution in [0.15, 0.2) is 54.6 Å². The highest BCUT2D eigenvalue weighted by Gasteiger charge is 2.27. The molecule has 6 heteroatoms. The lowest BCUT2D eigenvalue weighted by molar-refractivity contribution is -0.140. The fourth-order valence-electron chi connectivity index (χ4n) is 3.30. The summed E-state index contributed by atoms with van der Waals surface area (Å²) in [6.45, 7) is 8.24. The first-order valence-corrected chi connectivity index (χ1v) is 10.0. The van der Waals surface area contributed by atoms with Crippen LogP contribution in [0.25, 0.3) is 0 Å². The summed E-state index contributed by atoms with van der Waals surface area (Å²) in [6, 6.07) is 16.9. The van der Waals surface area contributed by atoms with Crippen LogP contribution in [0.1, 0.15) is 31.1 Å². The van der Waals surface area contributed by atoms with Gasteiger partial charge in [0.1, 0.15) is 5.75 Å². The zero-order valence-electron chi connectivity index (χ0n) is 17.2. The van der Waals surface area contributed by atoms with E-state index in [4.69, 9.17) is 9.47 Å². The average molecular weight is 396 g/mol. The predicted molar refractivity (Wildman–Crippen MR) is 112 cm³/mol. The Morgan fingerprint density at radius 1 is 0.862 bits per heavy atom. The van der Waals surface area contributed by atoms with Crippen molar-refractivity contribution in [1.29, 1.82) is 0 Å². The quantitative estimate of drug-likeness (QED) is 0.701. The SMILES string of the molecule is CC(C)Oc1ccc(C(=O)OC(C)C(=O)N2CCN(c3ccccc3)CC2)cc1. The van der Waals surface area contributed by atoms with Crippen LogP contribution in [-0.2, 0) is 9.53 Å². The molecule has 1 unspecified atom stereocenters. The van der Waals surface area contributed by atoms with E-state index in [0.29, 0.717) is 24.4 Å². The van der Waals surface area contributed by atoms with E-state index in [2.05, 4.69) is 17.0 Å². The number of benzene rings is 2. The van der Waals surface area contributed by atoms with Gasteiger partial charge in [-0.1, -0.05) is 18.2 Å². The van der Waals surface area contributed by atoms with Gasteiger partial charge in [0.25, 0.3) is 5.91 Å². The number of anilines is 1. The summed E-state index contributed by atoms with van der Waals surface area (Å²) in [6.07, 6.45) is -0.759. The molecule has 154 valence electrons. The van der Waals surface area contributed by atoms with E-state index in [1.165, 1.54) is 0 Å². The van der Waals surface area contributed by atoms with Crippen molar-refractivity contribution >= 4 is 17.6 Å². The monoisotopic (exact) mass is 396 g/mol. The third-order valence-electron chi connectivity index (χ3n) is 4.81. The molecule has 29 heavy (non-hydrogen) atoms. The van der Waals surface area contributed by atoms with Gasteiger partial charge in [0.05, 0.1) is 11.7 Å². The molecule has 0 aromatic heterocycles. The molecule has 0 radical (unpaired) electrons. The number of para-hydroxylation sites is 1. The molecule has 0 bridgehead atoms. The zero-order valence-corrected chi connectivity index (χ0v) is 17.2. The molecule has 1 heterocycles. The van der Waals surface area contributed by atoms with Crippen molar-refractivity contribution in [3.63, 3.8) is 0 Å². The summed E-state index contributed by atoms with van der Waals surface area (Å²) in [4.78, 5) is 29.1. The molecule has 3 rings (SSSR count). The Kier molecular flexibility index (Phi) is 6.75. The molecule has 2 aromatic carbocycles. The first-order chi connectivity index (χ1) is 13.9. The zero-order chi connectivity index (χ0) is 20.8. The lowest BCUT2D eigenvalue weighted by atomic mass is 10.2. The second-order valence-corrected chi connectivity index (χ2v) is 7.39. The van der Waals surface area contributed by atoms with Crippen molar-refractivity contribution in [2.75, 3.05) is 31.1 Å². The van der Waals surface area contributed by atoms with Gasteiger partial charge in [-0.05, 0) is 57.2 Å². The van der Waals surface area contributed by atoms with Crippen LogP contribution in [0.4, 0.5) is 5.69 Å². The molecule has 0 saturated carbocycles. The standard InChI is InChI=1S/C23H28N2O4/c1-17(2)28-21-11-9-19(10-12-21)23(27)29-18(3)22(26)25-15-13-24(14-16-25)20-7-5-4-6-8-20/h4-12,17-18H,13-16H2,1-3H3. The first kappa shape index (κ1) is 20.7. The van der Waals surface area contributed by atoms with E-state index in [-0.39, 0.29) is 12.0 Å². The molecule has 0 spiro atoms. The summed E-state index contributed by atoms with van der Waals surface area (Å²) < 4.78 is 11.0. The molecule has 1 saturated heterocycles. The Labute approximate surface area is 172 Å². The van der Waals surface area contributed by atoms with Crippen molar-refractivity contribution in [1.82, 2.24) is 4.90 Å². The van der Waals surface area contributed by atoms with E-state index < -0.39 is 12.1 Å². The summed E-state index contributed by atoms with van der Waals surface area (Å²) >= 11 is 0. The largest absolute Gasteiger partial charge is 0.491 e. The molecule has 6 nitrogen and oxygen atoms in total. The molecular formula is C23H28N2O4. The van der Waals surface area contributed by atoms with Crippen molar-refractivity contribution in [3.8, 4) is 5.75 Å². The van der Waals surface area contributed by atoms with Gasteiger partial charge in [-0.2, -0.15) is 0 Å². The van der Waals surface area contributed by atoms with Gasteiger partial charge in [-0.3, -0.25) is 4.79 Å². The van der Waals surface area contributed by atoms with Gasteiger partial charge in [0.2, 0.25) is 0 Å². The lowest BCUT2D eigenvalue weighted by Gasteiger charge is -2.37. The number of hydrogen-bond donors (Lipinski definition) is 0. The smallest absolute Gasteiger partial charge is 0.338 e. The molecule has 0 N–H and O–H groups in total. The van der Waals surface area contributed by atoms with E-state index in [1.54, 1.807) is 36.1 Å². The Hall–Kier alpha value is -3.02. The molecule has 1 atom stereocenters. The highest BCUT2D eigenvalue weighted by atomic mass is 16.5. The molecular weight excluding hydrogens is 368 g/mol. The third kappa shape index (κ3) is 5.50. The van der Waals surface area contributed by atoms with Gasteiger partial charge >= 0.3 is 5.97 Å². The average Bonchev–Trinajstić information content (AvgIpc) is 2.74. The van der Waals surface area contributed by atoms with E-state index >= 15 is 0 Å². The number of carbonyl (C=O) groups excluding carboxylic acids is 2. The summed E-state index contributed by atoms with van der Waals surface area (Å²) in [5.41, 5.74) is 1.55. The molecule has 1 aliphatic heterocycles. The summed E-state index contributed by atoms with van der Waals surface area (Å²) in [5.74, 6) is 0.0210. The second-order valence-electron chi connectivity index (χ2n) is 7.39. The first-order valence-electron chi connectivity index (χ1n) is 10.0. The van der Waals surface area contributed by atoms with Crippen molar-refractivity contribution in [2.24, 2.45) is 0 Å². The van der Waals surface area contributed by atoms with Crippen molar-refractivity contribution in [3.05, 3.63) is 60.2 Å². The fraction of sp³-hybridized carbons (Fsp3) is 0.391. The number of hydrogen-bond acceptors (Lipinski definition) is 5. The van der Waals surface area contributed by atoms with Gasteiger partial charge in [-0.25, -0.2) is 4.79 Å². The molecule has 0 aliphatic carbocycles. The number of rotatable bonds is 6. The number of amides is 1. The molecule has 1 amide bonds. The minimum atomic E-state index is -0.822. The maximum absolute atomic E-state index is 12.7. The maximum atomic E-state index is 12.7. The Balaban J connectivity index is 1.51. The van der Waals surface area contributed by atoms with Crippen LogP contribution >= 0.6 is 0 Å². The number of esters is 1. The van der Waals surface area contributed by atoms with Crippen molar-refractivity contribution in [2.45, 2.75) is 33.0 Å². The lowest BCUT2D eigenvalue weighted by Crippen LogP contribution is -2.51. The maximum Gasteiger partial charge on any atom is 0.338 e. The minimum Gasteiger partial charge on any atom is -0.491 e. The summed E-state index contributed by atoms with van der Waals surface area (Å²) in [7, 11) is 0. The van der Waals surface area contributed by atoms with Crippen LogP contribution < -0.4 is 9.64 Å². The Bertz CT molecular complexity index is 813. The van der Waals surface area contributed by atoms with Crippen LogP contribution in [-0.4, -0.2) is 55.2 Å². The normalized spacial score (nSPS) is 15.2. The number of piperazine rings is 1. The Morgan fingerprint density at radius 2 is 1.48 bits per heavy atom. The predicted octanol–water partition coefficient (Wildman–Crippen LogP) is 3.37. The molecule has 1 aliphatic rings. The fourth-order valence-corrected chi connectivity index (χ4v) is 3.30. The Morgan fingerprint density at radius 3 is 2.07 bits per heavy atom. The van der Waals surface area contributed by atoms with Crippen LogP contribution in [0.5, 0.6) is 5.75 Å². The van der Waals surface area contributed by atoms with Gasteiger partial charge in [0, 0.05) is 31.9 Å². The van der Waals surface area contributed by atoms with Gasteiger partial charge in [-0.15, -0.1) is 0 Å². The van der Waals surface area contributed by atoms with E-state index in [1.807, 2.05) is 32.0 Å². The summed E-state index contributed by atoms with van der Waals surface area (Å²) in [5, 5.41) is 0. The number of nitrogens with zero attached hydrogens (tertiary/aromatic N) is 2. The molecule has 1 fully saturated rings. The second kappa shape index (κ2) is 9.45. The van der Waals surface area contributed by atoms with Crippen LogP contribution in [0, 0.1) is 0 Å². The minimum absolute atomic E-state index is 0.0628. The highest BCUT2D eigenvalue weighted by molar-refractivity contribution is 5.92. The van der Waals surface area contributed by atoms with E-state index in [9.17, 15) is 9.59 Å². The van der Waals surface area contributed by atoms with Gasteiger partial charge in [0.15, 0.2) is 6.10 Å². The van der Waals surface area contributed by atoms with E-state index in [0.717, 1.165) is 18.8 Å². The topological polar surface area (TPSA) is 59.1 Å². The van der Waals surface area contributed by atoms with Crippen LogP contribution in [0.2, 0.25) is 0 Å². The highest BCUT2D eigenvalue weighted by Crippen LogP contribution is 2.17. The number of carbonyl (C=O) groups is 2. The number of ether oxygens (including phenoxy) is 2. The van der Waals surface area contributed by atoms with Crippen LogP contribution in [0.3, 0.4) is 0 Å². The van der Waals surface area contributed by atoms with Gasteiger partial charge < -0.3 is 19.3 Å².